The molecule has 0 bridgehead atoms. The third-order valence-electron chi connectivity index (χ3n) is 2.83. The maximum absolute atomic E-state index is 12.2. The number of benzene rings is 1. The lowest BCUT2D eigenvalue weighted by Crippen LogP contribution is -2.35. The van der Waals surface area contributed by atoms with Gasteiger partial charge in [-0.2, -0.15) is 13.2 Å². The van der Waals surface area contributed by atoms with Crippen LogP contribution >= 0.6 is 11.6 Å². The summed E-state index contributed by atoms with van der Waals surface area (Å²) in [4.78, 5) is 11.9. The molecule has 0 amide bonds. The van der Waals surface area contributed by atoms with E-state index in [-0.39, 0.29) is 12.0 Å². The molecule has 0 aromatic heterocycles. The molecule has 1 atom stereocenters. The molecule has 0 radical (unpaired) electrons. The lowest BCUT2D eigenvalue weighted by atomic mass is 10.1. The third-order valence-corrected chi connectivity index (χ3v) is 5.04. The highest BCUT2D eigenvalue weighted by atomic mass is 35.5. The summed E-state index contributed by atoms with van der Waals surface area (Å²) in [6.45, 7) is 0. The fraction of sp³-hybridized carbons (Fsp3) is 0.364. The number of fused-ring (bicyclic) bond motifs is 1. The van der Waals surface area contributed by atoms with E-state index in [4.69, 9.17) is 11.6 Å². The van der Waals surface area contributed by atoms with Crippen molar-refractivity contribution >= 4 is 27.2 Å². The van der Waals surface area contributed by atoms with Crippen LogP contribution in [-0.2, 0) is 16.3 Å². The van der Waals surface area contributed by atoms with Crippen molar-refractivity contribution in [2.24, 2.45) is 0 Å². The number of rotatable bonds is 2. The van der Waals surface area contributed by atoms with Crippen LogP contribution in [0.4, 0.5) is 13.2 Å². The zero-order valence-corrected chi connectivity index (χ0v) is 10.9. The van der Waals surface area contributed by atoms with Gasteiger partial charge in [0.25, 0.3) is 0 Å². The summed E-state index contributed by atoms with van der Waals surface area (Å²) in [7, 11) is -4.57. The number of halogens is 4. The van der Waals surface area contributed by atoms with Gasteiger partial charge in [0.1, 0.15) is 11.0 Å². The molecule has 0 spiro atoms. The lowest BCUT2D eigenvalue weighted by Gasteiger charge is -2.11. The smallest absolute Gasteiger partial charge is 0.293 e. The van der Waals surface area contributed by atoms with Gasteiger partial charge in [-0.15, -0.1) is 0 Å². The fourth-order valence-corrected chi connectivity index (χ4v) is 3.79. The molecule has 1 aliphatic carbocycles. The molecule has 104 valence electrons. The van der Waals surface area contributed by atoms with E-state index in [9.17, 15) is 26.4 Å². The van der Waals surface area contributed by atoms with E-state index < -0.39 is 32.8 Å². The minimum atomic E-state index is -4.86. The molecule has 1 aliphatic rings. The van der Waals surface area contributed by atoms with Gasteiger partial charge in [0, 0.05) is 10.6 Å². The molecule has 2 rings (SSSR count). The summed E-state index contributed by atoms with van der Waals surface area (Å²) in [5.74, 6) is -2.78. The number of hydrogen-bond acceptors (Lipinski definition) is 3. The minimum Gasteiger partial charge on any atom is -0.293 e. The zero-order chi connectivity index (χ0) is 14.4. The highest BCUT2D eigenvalue weighted by molar-refractivity contribution is 7.92. The summed E-state index contributed by atoms with van der Waals surface area (Å²) >= 11 is 5.70. The van der Waals surface area contributed by atoms with E-state index in [1.165, 1.54) is 18.2 Å². The molecule has 1 aromatic carbocycles. The fourth-order valence-electron chi connectivity index (χ4n) is 2.06. The Bertz CT molecular complexity index is 637. The van der Waals surface area contributed by atoms with E-state index in [0.717, 1.165) is 0 Å². The summed E-state index contributed by atoms with van der Waals surface area (Å²) in [6, 6.07) is 4.14. The van der Waals surface area contributed by atoms with Crippen LogP contribution in [0.15, 0.2) is 18.2 Å². The van der Waals surface area contributed by atoms with E-state index in [2.05, 4.69) is 0 Å². The highest BCUT2D eigenvalue weighted by Gasteiger charge is 2.45. The molecular weight excluding hydrogens is 305 g/mol. The van der Waals surface area contributed by atoms with Crippen LogP contribution < -0.4 is 0 Å². The molecule has 0 saturated heterocycles. The van der Waals surface area contributed by atoms with Crippen LogP contribution in [0.1, 0.15) is 15.9 Å². The third kappa shape index (κ3) is 2.92. The van der Waals surface area contributed by atoms with Crippen molar-refractivity contribution in [3.05, 3.63) is 34.3 Å². The Labute approximate surface area is 112 Å². The first-order valence-electron chi connectivity index (χ1n) is 5.21. The summed E-state index contributed by atoms with van der Waals surface area (Å²) in [6.07, 6.45) is -5.11. The Hall–Kier alpha value is -1.08. The van der Waals surface area contributed by atoms with Crippen molar-refractivity contribution in [2.45, 2.75) is 17.8 Å². The van der Waals surface area contributed by atoms with Gasteiger partial charge < -0.3 is 0 Å². The number of carbonyl (C=O) groups is 1. The average Bonchev–Trinajstić information content (AvgIpc) is 2.52. The summed E-state index contributed by atoms with van der Waals surface area (Å²) in [5, 5.41) is -1.36. The maximum atomic E-state index is 12.2. The lowest BCUT2D eigenvalue weighted by molar-refractivity contribution is -0.106. The average molecular weight is 313 g/mol. The molecule has 0 aliphatic heterocycles. The van der Waals surface area contributed by atoms with E-state index in [1.54, 1.807) is 0 Å². The molecule has 0 heterocycles. The first-order valence-corrected chi connectivity index (χ1v) is 7.30. The molecule has 1 aromatic rings. The van der Waals surface area contributed by atoms with E-state index >= 15 is 0 Å². The molecule has 0 N–H and O–H groups in total. The van der Waals surface area contributed by atoms with Crippen molar-refractivity contribution in [3.63, 3.8) is 0 Å². The van der Waals surface area contributed by atoms with Gasteiger partial charge in [0.15, 0.2) is 15.6 Å². The van der Waals surface area contributed by atoms with Gasteiger partial charge in [-0.1, -0.05) is 11.6 Å². The SMILES string of the molecule is O=C1c2ccc(Cl)cc2CC1S(=O)(=O)CC(F)(F)F. The van der Waals surface area contributed by atoms with E-state index in [1.807, 2.05) is 0 Å². The summed E-state index contributed by atoms with van der Waals surface area (Å²) < 4.78 is 59.9. The largest absolute Gasteiger partial charge is 0.402 e. The number of sulfone groups is 1. The monoisotopic (exact) mass is 312 g/mol. The van der Waals surface area contributed by atoms with Crippen molar-refractivity contribution in [2.75, 3.05) is 5.75 Å². The standard InChI is InChI=1S/C11H8ClF3O3S/c12-7-1-2-8-6(3-7)4-9(10(8)16)19(17,18)5-11(13,14)15/h1-3,9H,4-5H2. The predicted molar refractivity (Wildman–Crippen MR) is 63.1 cm³/mol. The molecule has 1 unspecified atom stereocenters. The Morgan fingerprint density at radius 2 is 1.95 bits per heavy atom. The first kappa shape index (κ1) is 14.3. The number of alkyl halides is 3. The Morgan fingerprint density at radius 1 is 1.32 bits per heavy atom. The molecule has 0 saturated carbocycles. The molecular formula is C11H8ClF3O3S. The second-order valence-electron chi connectivity index (χ2n) is 4.28. The molecule has 3 nitrogen and oxygen atoms in total. The van der Waals surface area contributed by atoms with E-state index in [0.29, 0.717) is 10.6 Å². The molecule has 8 heteroatoms. The van der Waals surface area contributed by atoms with Gasteiger partial charge in [0.05, 0.1) is 0 Å². The van der Waals surface area contributed by atoms with Crippen LogP contribution in [0.2, 0.25) is 5.02 Å². The van der Waals surface area contributed by atoms with Crippen LogP contribution in [0.25, 0.3) is 0 Å². The summed E-state index contributed by atoms with van der Waals surface area (Å²) in [5.41, 5.74) is 0.494. The Balaban J connectivity index is 2.34. The van der Waals surface area contributed by atoms with Gasteiger partial charge in [0.2, 0.25) is 0 Å². The van der Waals surface area contributed by atoms with Crippen LogP contribution in [0, 0.1) is 0 Å². The van der Waals surface area contributed by atoms with Crippen molar-refractivity contribution < 1.29 is 26.4 Å². The number of Topliss-reactive ketones (excluding diaryl/α,β-unsaturated/α-hetero) is 1. The van der Waals surface area contributed by atoms with Gasteiger partial charge in [-0.05, 0) is 30.2 Å². The number of hydrogen-bond donors (Lipinski definition) is 0. The second-order valence-corrected chi connectivity index (χ2v) is 6.90. The van der Waals surface area contributed by atoms with Crippen molar-refractivity contribution in [1.29, 1.82) is 0 Å². The van der Waals surface area contributed by atoms with Crippen molar-refractivity contribution in [3.8, 4) is 0 Å². The quantitative estimate of drug-likeness (QED) is 0.842. The Morgan fingerprint density at radius 3 is 2.53 bits per heavy atom. The topological polar surface area (TPSA) is 51.2 Å². The number of carbonyl (C=O) groups excluding carboxylic acids is 1. The highest BCUT2D eigenvalue weighted by Crippen LogP contribution is 2.31. The van der Waals surface area contributed by atoms with Crippen LogP contribution in [0.5, 0.6) is 0 Å². The van der Waals surface area contributed by atoms with Crippen LogP contribution in [0.3, 0.4) is 0 Å². The van der Waals surface area contributed by atoms with Gasteiger partial charge in [-0.25, -0.2) is 8.42 Å². The van der Waals surface area contributed by atoms with Crippen LogP contribution in [-0.4, -0.2) is 31.4 Å². The molecule has 0 fully saturated rings. The number of ketones is 1. The second kappa shape index (κ2) is 4.49. The predicted octanol–water partition coefficient (Wildman–Crippen LogP) is 2.42. The normalized spacial score (nSPS) is 19.6. The minimum absolute atomic E-state index is 0.125. The first-order chi connectivity index (χ1) is 8.60. The Kier molecular flexibility index (Phi) is 3.38. The molecule has 19 heavy (non-hydrogen) atoms. The maximum Gasteiger partial charge on any atom is 0.402 e. The van der Waals surface area contributed by atoms with Crippen molar-refractivity contribution in [1.82, 2.24) is 0 Å². The van der Waals surface area contributed by atoms with Gasteiger partial charge in [-0.3, -0.25) is 4.79 Å². The zero-order valence-electron chi connectivity index (χ0n) is 9.37. The van der Waals surface area contributed by atoms with Gasteiger partial charge >= 0.3 is 6.18 Å².